The molecule has 2 N–H and O–H groups in total. The number of aliphatic hydroxyl groups is 1. The largest absolute Gasteiger partial charge is 0.494 e. The van der Waals surface area contributed by atoms with Gasteiger partial charge in [-0.2, -0.15) is 0 Å². The van der Waals surface area contributed by atoms with E-state index >= 15 is 4.39 Å². The summed E-state index contributed by atoms with van der Waals surface area (Å²) in [5, 5.41) is 21.7. The second-order valence-corrected chi connectivity index (χ2v) is 13.0. The van der Waals surface area contributed by atoms with Gasteiger partial charge in [-0.25, -0.2) is 9.18 Å². The van der Waals surface area contributed by atoms with E-state index in [1.807, 2.05) is 6.92 Å². The molecule has 2 bridgehead atoms. The lowest BCUT2D eigenvalue weighted by atomic mass is 9.47. The monoisotopic (exact) mass is 558 g/mol. The minimum absolute atomic E-state index is 0.0347. The van der Waals surface area contributed by atoms with E-state index in [-0.39, 0.29) is 34.2 Å². The first kappa shape index (κ1) is 30.7. The van der Waals surface area contributed by atoms with Crippen LogP contribution >= 0.6 is 0 Å². The van der Waals surface area contributed by atoms with Crippen LogP contribution in [0.25, 0.3) is 0 Å². The zero-order chi connectivity index (χ0) is 29.5. The number of ether oxygens (including phenoxy) is 2. The van der Waals surface area contributed by atoms with Gasteiger partial charge in [0.05, 0.1) is 6.10 Å². The first-order valence-corrected chi connectivity index (χ1v) is 14.5. The smallest absolute Gasteiger partial charge is 0.479 e. The molecule has 40 heavy (non-hydrogen) atoms. The first-order valence-electron chi connectivity index (χ1n) is 14.5. The molecule has 0 spiro atoms. The predicted octanol–water partition coefficient (Wildman–Crippen LogP) is 4.15. The molecular weight excluding hydrogens is 514 g/mol. The molecule has 0 radical (unpaired) electrons. The number of halogens is 1. The van der Waals surface area contributed by atoms with Gasteiger partial charge in [-0.15, -0.1) is 6.58 Å². The fraction of sp³-hybridized carbons (Fsp3) is 0.677. The van der Waals surface area contributed by atoms with Crippen molar-refractivity contribution in [3.63, 3.8) is 0 Å². The van der Waals surface area contributed by atoms with Crippen LogP contribution in [0.1, 0.15) is 78.7 Å². The number of fused-ring (bicyclic) bond motifs is 3. The highest BCUT2D eigenvalue weighted by molar-refractivity contribution is 6.61. The van der Waals surface area contributed by atoms with Gasteiger partial charge in [0, 0.05) is 29.3 Å². The van der Waals surface area contributed by atoms with Crippen LogP contribution in [-0.2, 0) is 25.4 Å². The van der Waals surface area contributed by atoms with Crippen molar-refractivity contribution in [2.75, 3.05) is 13.2 Å². The third kappa shape index (κ3) is 5.62. The van der Waals surface area contributed by atoms with E-state index in [1.165, 1.54) is 6.07 Å². The van der Waals surface area contributed by atoms with Gasteiger partial charge in [0.15, 0.2) is 18.2 Å². The van der Waals surface area contributed by atoms with Gasteiger partial charge in [-0.1, -0.05) is 39.8 Å². The quantitative estimate of drug-likeness (QED) is 0.281. The van der Waals surface area contributed by atoms with Crippen molar-refractivity contribution in [1.29, 1.82) is 0 Å². The van der Waals surface area contributed by atoms with Crippen molar-refractivity contribution < 1.29 is 38.2 Å². The van der Waals surface area contributed by atoms with Crippen molar-refractivity contribution in [3.8, 4) is 5.75 Å². The third-order valence-electron chi connectivity index (χ3n) is 10.6. The highest BCUT2D eigenvalue weighted by atomic mass is 19.1. The normalized spacial score (nSPS) is 35.6. The molecule has 1 aromatic carbocycles. The van der Waals surface area contributed by atoms with Crippen LogP contribution in [0.5, 0.6) is 5.75 Å². The summed E-state index contributed by atoms with van der Waals surface area (Å²) in [6.07, 6.45) is 4.95. The van der Waals surface area contributed by atoms with E-state index in [1.54, 1.807) is 19.1 Å². The maximum Gasteiger partial charge on any atom is 0.494 e. The highest BCUT2D eigenvalue weighted by Gasteiger charge is 2.58. The Balaban J connectivity index is 1.59. The number of carbonyl (C=O) groups excluding carboxylic acids is 2. The molecule has 0 amide bonds. The van der Waals surface area contributed by atoms with Crippen molar-refractivity contribution >= 4 is 24.3 Å². The van der Waals surface area contributed by atoms with E-state index in [2.05, 4.69) is 27.4 Å². The molecule has 0 saturated heterocycles. The topological polar surface area (TPSA) is 102 Å². The summed E-state index contributed by atoms with van der Waals surface area (Å²) < 4.78 is 32.0. The van der Waals surface area contributed by atoms with Crippen LogP contribution in [0.15, 0.2) is 24.8 Å². The number of ketones is 1. The fourth-order valence-electron chi connectivity index (χ4n) is 7.48. The molecule has 1 aliphatic heterocycles. The van der Waals surface area contributed by atoms with Crippen LogP contribution in [0.4, 0.5) is 4.39 Å². The van der Waals surface area contributed by atoms with Gasteiger partial charge in [0.2, 0.25) is 0 Å². The van der Waals surface area contributed by atoms with Crippen molar-refractivity contribution in [3.05, 3.63) is 36.2 Å². The molecule has 7 nitrogen and oxygen atoms in total. The summed E-state index contributed by atoms with van der Waals surface area (Å²) in [6.45, 7) is 13.8. The maximum atomic E-state index is 15.1. The Bertz CT molecular complexity index is 1140. The number of benzene rings is 1. The lowest BCUT2D eigenvalue weighted by Gasteiger charge is -2.60. The number of esters is 1. The molecule has 3 aliphatic rings. The lowest BCUT2D eigenvalue weighted by Crippen LogP contribution is -2.58. The molecule has 0 unspecified atom stereocenters. The number of aliphatic hydroxyl groups excluding tert-OH is 1. The fourth-order valence-corrected chi connectivity index (χ4v) is 7.48. The van der Waals surface area contributed by atoms with Gasteiger partial charge in [0.25, 0.3) is 0 Å². The molecule has 7 atom stereocenters. The Morgan fingerprint density at radius 3 is 2.70 bits per heavy atom. The van der Waals surface area contributed by atoms with Crippen LogP contribution in [-0.4, -0.2) is 54.4 Å². The van der Waals surface area contributed by atoms with Crippen LogP contribution in [0.2, 0.25) is 0 Å². The average molecular weight is 558 g/mol. The lowest BCUT2D eigenvalue weighted by molar-refractivity contribution is -0.190. The van der Waals surface area contributed by atoms with E-state index in [0.29, 0.717) is 37.9 Å². The molecule has 2 aliphatic carbocycles. The number of hydrogen-bond donors (Lipinski definition) is 2. The Labute approximate surface area is 237 Å². The summed E-state index contributed by atoms with van der Waals surface area (Å²) in [5.74, 6) is -1.26. The van der Waals surface area contributed by atoms with Crippen molar-refractivity contribution in [1.82, 2.24) is 0 Å². The first-order chi connectivity index (χ1) is 18.8. The summed E-state index contributed by atoms with van der Waals surface area (Å²) in [5.41, 5.74) is -0.751. The minimum Gasteiger partial charge on any atom is -0.479 e. The summed E-state index contributed by atoms with van der Waals surface area (Å²) in [6, 6.07) is 3.12. The number of carbonyl (C=O) groups is 2. The number of rotatable bonds is 8. The number of Topliss-reactive ketones (excluding diaryl/α,β-unsaturated/α-hetero) is 1. The molecule has 220 valence electrons. The number of hydrogen-bond acceptors (Lipinski definition) is 7. The van der Waals surface area contributed by atoms with Crippen LogP contribution in [0.3, 0.4) is 0 Å². The maximum absolute atomic E-state index is 15.1. The van der Waals surface area contributed by atoms with E-state index in [4.69, 9.17) is 14.1 Å². The van der Waals surface area contributed by atoms with Crippen molar-refractivity contribution in [2.24, 2.45) is 28.1 Å². The van der Waals surface area contributed by atoms with E-state index in [0.717, 1.165) is 19.3 Å². The Kier molecular flexibility index (Phi) is 8.89. The predicted molar refractivity (Wildman–Crippen MR) is 151 cm³/mol. The average Bonchev–Trinajstić information content (AvgIpc) is 2.91. The molecule has 2 fully saturated rings. The van der Waals surface area contributed by atoms with E-state index < -0.39 is 48.5 Å². The molecule has 9 heteroatoms. The second-order valence-electron chi connectivity index (χ2n) is 13.0. The zero-order valence-electron chi connectivity index (χ0n) is 24.5. The highest BCUT2D eigenvalue weighted by Crippen LogP contribution is 2.62. The van der Waals surface area contributed by atoms with Gasteiger partial charge in [-0.3, -0.25) is 0 Å². The summed E-state index contributed by atoms with van der Waals surface area (Å²) in [4.78, 5) is 25.2. The van der Waals surface area contributed by atoms with Gasteiger partial charge < -0.3 is 29.1 Å². The molecule has 1 aromatic rings. The SMILES string of the molecule is C=C[C@]1(C)C[C@@H](OC(=O)COc2ccc3c(c2F)B(O)OCC3)[C@@]2(C)C[C@](CCC(C)=O)(CC[C@H]2C)[C@@H](C)[C@@H]1O. The standard InChI is InChI=1S/C31H44BFO7/c1-7-29(5)16-24(30(6)18-31(13-10-19(30)2,14-11-20(3)34)21(4)28(29)36)40-25(35)17-38-23-9-8-22-12-15-39-32(37)26(22)27(23)33/h7-9,19,21,24,28,36-37H,1,10-18H2,2-6H3/t19-,21+,24-,28+,29-,30+,31-/m1/s1. The molecule has 1 heterocycles. The van der Waals surface area contributed by atoms with Crippen LogP contribution in [0, 0.1) is 33.9 Å². The Hall–Kier alpha value is -2.23. The zero-order valence-corrected chi connectivity index (χ0v) is 24.5. The summed E-state index contributed by atoms with van der Waals surface area (Å²) in [7, 11) is -1.38. The third-order valence-corrected chi connectivity index (χ3v) is 10.6. The van der Waals surface area contributed by atoms with Crippen molar-refractivity contribution in [2.45, 2.75) is 91.8 Å². The summed E-state index contributed by atoms with van der Waals surface area (Å²) >= 11 is 0. The Morgan fingerprint density at radius 1 is 1.30 bits per heavy atom. The van der Waals surface area contributed by atoms with Crippen LogP contribution < -0.4 is 10.2 Å². The van der Waals surface area contributed by atoms with E-state index in [9.17, 15) is 19.7 Å². The van der Waals surface area contributed by atoms with Gasteiger partial charge >= 0.3 is 13.1 Å². The Morgan fingerprint density at radius 2 is 2.02 bits per heavy atom. The molecule has 2 saturated carbocycles. The molecular formula is C31H44BFO7. The molecule has 0 aromatic heterocycles. The molecule has 4 rings (SSSR count). The van der Waals surface area contributed by atoms with Gasteiger partial charge in [0.1, 0.15) is 11.9 Å². The minimum atomic E-state index is -1.38. The second kappa shape index (κ2) is 11.6. The van der Waals surface area contributed by atoms with Gasteiger partial charge in [-0.05, 0) is 74.3 Å².